The van der Waals surface area contributed by atoms with Gasteiger partial charge in [-0.3, -0.25) is 14.4 Å². The monoisotopic (exact) mass is 339 g/mol. The maximum absolute atomic E-state index is 12.4. The smallest absolute Gasteiger partial charge is 0.223 e. The Kier molecular flexibility index (Phi) is 7.02. The fraction of sp³-hybridized carbons (Fsp3) is 0.824. The molecule has 0 bridgehead atoms. The van der Waals surface area contributed by atoms with Crippen LogP contribution in [0, 0.1) is 11.8 Å². The quantitative estimate of drug-likeness (QED) is 0.681. The van der Waals surface area contributed by atoms with Crippen LogP contribution >= 0.6 is 0 Å². The third-order valence-electron chi connectivity index (χ3n) is 4.72. The number of likely N-dealkylation sites (N-methyl/N-ethyl adjacent to an activating group) is 1. The highest BCUT2D eigenvalue weighted by molar-refractivity contribution is 5.86. The molecule has 0 radical (unpaired) electrons. The third kappa shape index (κ3) is 5.78. The summed E-state index contributed by atoms with van der Waals surface area (Å²) in [5.74, 6) is -0.176. The Morgan fingerprint density at radius 3 is 2.58 bits per heavy atom. The van der Waals surface area contributed by atoms with Gasteiger partial charge in [-0.25, -0.2) is 0 Å². The van der Waals surface area contributed by atoms with E-state index in [1.807, 2.05) is 0 Å². The second-order valence-electron chi connectivity index (χ2n) is 6.87. The van der Waals surface area contributed by atoms with E-state index >= 15 is 0 Å². The minimum absolute atomic E-state index is 0.0256. The average Bonchev–Trinajstić information content (AvgIpc) is 3.37. The second-order valence-corrected chi connectivity index (χ2v) is 6.87. The van der Waals surface area contributed by atoms with Crippen LogP contribution in [-0.4, -0.2) is 62.5 Å². The lowest BCUT2D eigenvalue weighted by Crippen LogP contribution is -2.44. The largest absolute Gasteiger partial charge is 0.383 e. The summed E-state index contributed by atoms with van der Waals surface area (Å²) in [4.78, 5) is 38.2. The summed E-state index contributed by atoms with van der Waals surface area (Å²) in [7, 11) is 3.32. The highest BCUT2D eigenvalue weighted by Gasteiger charge is 2.32. The first kappa shape index (κ1) is 18.7. The van der Waals surface area contributed by atoms with Crippen LogP contribution in [0.4, 0.5) is 0 Å². The second kappa shape index (κ2) is 9.01. The fourth-order valence-electron chi connectivity index (χ4n) is 3.03. The van der Waals surface area contributed by atoms with Crippen LogP contribution in [-0.2, 0) is 19.1 Å². The minimum atomic E-state index is -0.310. The molecular weight excluding hydrogens is 310 g/mol. The van der Waals surface area contributed by atoms with Gasteiger partial charge in [0.1, 0.15) is 0 Å². The summed E-state index contributed by atoms with van der Waals surface area (Å²) in [6.07, 6.45) is 4.43. The van der Waals surface area contributed by atoms with Gasteiger partial charge in [0, 0.05) is 51.5 Å². The first-order valence-corrected chi connectivity index (χ1v) is 8.82. The Morgan fingerprint density at radius 2 is 1.92 bits per heavy atom. The van der Waals surface area contributed by atoms with Crippen LogP contribution in [0.5, 0.6) is 0 Å². The number of hydrogen-bond acceptors (Lipinski definition) is 4. The number of carbonyl (C=O) groups excluding carboxylic acids is 3. The van der Waals surface area contributed by atoms with E-state index in [1.165, 1.54) is 0 Å². The summed E-state index contributed by atoms with van der Waals surface area (Å²) in [5, 5.41) is 5.88. The van der Waals surface area contributed by atoms with Crippen LogP contribution in [0.2, 0.25) is 0 Å². The van der Waals surface area contributed by atoms with Gasteiger partial charge in [-0.2, -0.15) is 0 Å². The molecule has 7 nitrogen and oxygen atoms in total. The molecule has 24 heavy (non-hydrogen) atoms. The summed E-state index contributed by atoms with van der Waals surface area (Å²) < 4.78 is 4.93. The van der Waals surface area contributed by atoms with Gasteiger partial charge in [0.05, 0.1) is 6.61 Å². The van der Waals surface area contributed by atoms with Crippen LogP contribution in [0.1, 0.15) is 38.5 Å². The van der Waals surface area contributed by atoms with Crippen molar-refractivity contribution in [2.75, 3.05) is 33.9 Å². The van der Waals surface area contributed by atoms with E-state index in [0.717, 1.165) is 25.7 Å². The molecule has 2 N–H and O–H groups in total. The third-order valence-corrected chi connectivity index (χ3v) is 4.72. The minimum Gasteiger partial charge on any atom is -0.383 e. The first-order valence-electron chi connectivity index (χ1n) is 8.82. The molecule has 2 fully saturated rings. The van der Waals surface area contributed by atoms with Gasteiger partial charge >= 0.3 is 0 Å². The molecule has 136 valence electrons. The topological polar surface area (TPSA) is 87.7 Å². The summed E-state index contributed by atoms with van der Waals surface area (Å²) in [6.45, 7) is 1.42. The predicted molar refractivity (Wildman–Crippen MR) is 89.1 cm³/mol. The van der Waals surface area contributed by atoms with Crippen molar-refractivity contribution in [1.82, 2.24) is 15.5 Å². The molecule has 1 aliphatic heterocycles. The lowest BCUT2D eigenvalue weighted by atomic mass is 9.96. The van der Waals surface area contributed by atoms with E-state index in [0.29, 0.717) is 26.1 Å². The van der Waals surface area contributed by atoms with E-state index in [2.05, 4.69) is 10.6 Å². The Balaban J connectivity index is 1.89. The van der Waals surface area contributed by atoms with Crippen molar-refractivity contribution in [2.45, 2.75) is 44.6 Å². The highest BCUT2D eigenvalue weighted by Crippen LogP contribution is 2.29. The Bertz CT molecular complexity index is 465. The zero-order valence-corrected chi connectivity index (χ0v) is 14.7. The highest BCUT2D eigenvalue weighted by atomic mass is 16.5. The van der Waals surface area contributed by atoms with E-state index in [-0.39, 0.29) is 42.0 Å². The standard InChI is InChI=1S/C17H29N3O4/c1-20-11-14(19-17(23)12-6-7-12)5-3-4-13(10-15(20)21)16(22)18-8-9-24-2/h12-14H,3-11H2,1-2H3,(H,18,22)(H,19,23)/t13-,14-/m1/s1. The van der Waals surface area contributed by atoms with Crippen molar-refractivity contribution in [3.8, 4) is 0 Å². The van der Waals surface area contributed by atoms with E-state index < -0.39 is 0 Å². The molecule has 1 heterocycles. The molecular formula is C17H29N3O4. The summed E-state index contributed by atoms with van der Waals surface area (Å²) >= 11 is 0. The zero-order chi connectivity index (χ0) is 17.5. The lowest BCUT2D eigenvalue weighted by molar-refractivity contribution is -0.135. The van der Waals surface area contributed by atoms with Crippen molar-refractivity contribution < 1.29 is 19.1 Å². The van der Waals surface area contributed by atoms with E-state index in [1.54, 1.807) is 19.1 Å². The van der Waals surface area contributed by atoms with Gasteiger partial charge in [0.15, 0.2) is 0 Å². The first-order chi connectivity index (χ1) is 11.5. The molecule has 1 saturated heterocycles. The van der Waals surface area contributed by atoms with Crippen LogP contribution < -0.4 is 10.6 Å². The molecule has 0 aromatic heterocycles. The van der Waals surface area contributed by atoms with E-state index in [4.69, 9.17) is 4.74 Å². The molecule has 2 rings (SSSR count). The van der Waals surface area contributed by atoms with Gasteiger partial charge in [-0.05, 0) is 25.7 Å². The van der Waals surface area contributed by atoms with Gasteiger partial charge < -0.3 is 20.3 Å². The van der Waals surface area contributed by atoms with Crippen LogP contribution in [0.15, 0.2) is 0 Å². The number of methoxy groups -OCH3 is 1. The van der Waals surface area contributed by atoms with Gasteiger partial charge in [-0.1, -0.05) is 6.42 Å². The Hall–Kier alpha value is -1.63. The van der Waals surface area contributed by atoms with Crippen LogP contribution in [0.3, 0.4) is 0 Å². The molecule has 0 aromatic rings. The maximum atomic E-state index is 12.4. The van der Waals surface area contributed by atoms with Gasteiger partial charge in [0.2, 0.25) is 17.7 Å². The lowest BCUT2D eigenvalue weighted by Gasteiger charge is -2.24. The fourth-order valence-corrected chi connectivity index (χ4v) is 3.03. The molecule has 1 saturated carbocycles. The number of nitrogens with zero attached hydrogens (tertiary/aromatic N) is 1. The van der Waals surface area contributed by atoms with Crippen molar-refractivity contribution >= 4 is 17.7 Å². The number of hydrogen-bond donors (Lipinski definition) is 2. The SMILES string of the molecule is COCCNC(=O)[C@@H]1CCC[C@@H](NC(=O)C2CC2)CN(C)C(=O)C1. The molecule has 1 aliphatic carbocycles. The maximum Gasteiger partial charge on any atom is 0.223 e. The molecule has 2 aliphatic rings. The summed E-state index contributed by atoms with van der Waals surface area (Å²) in [6, 6.07) is -0.0256. The predicted octanol–water partition coefficient (Wildman–Crippen LogP) is 0.292. The number of carbonyl (C=O) groups is 3. The number of rotatable bonds is 6. The normalized spacial score (nSPS) is 25.4. The van der Waals surface area contributed by atoms with Crippen molar-refractivity contribution in [3.05, 3.63) is 0 Å². The average molecular weight is 339 g/mol. The molecule has 7 heteroatoms. The summed E-state index contributed by atoms with van der Waals surface area (Å²) in [5.41, 5.74) is 0. The van der Waals surface area contributed by atoms with Crippen molar-refractivity contribution in [2.24, 2.45) is 11.8 Å². The number of nitrogens with one attached hydrogen (secondary N) is 2. The number of ether oxygens (including phenoxy) is 1. The molecule has 0 spiro atoms. The zero-order valence-electron chi connectivity index (χ0n) is 14.7. The van der Waals surface area contributed by atoms with Gasteiger partial charge in [0.25, 0.3) is 0 Å². The van der Waals surface area contributed by atoms with E-state index in [9.17, 15) is 14.4 Å². The molecule has 0 aromatic carbocycles. The Morgan fingerprint density at radius 1 is 1.17 bits per heavy atom. The van der Waals surface area contributed by atoms with Crippen molar-refractivity contribution in [3.63, 3.8) is 0 Å². The molecule has 2 atom stereocenters. The molecule has 3 amide bonds. The van der Waals surface area contributed by atoms with Crippen LogP contribution in [0.25, 0.3) is 0 Å². The van der Waals surface area contributed by atoms with Crippen molar-refractivity contribution in [1.29, 1.82) is 0 Å². The van der Waals surface area contributed by atoms with Gasteiger partial charge in [-0.15, -0.1) is 0 Å². The Labute approximate surface area is 143 Å². The molecule has 0 unspecified atom stereocenters. The number of amides is 3.